The van der Waals surface area contributed by atoms with Crippen LogP contribution in [0.4, 0.5) is 11.4 Å². The number of anilines is 1. The molecule has 0 aliphatic carbocycles. The molecule has 0 bridgehead atoms. The first-order chi connectivity index (χ1) is 9.84. The maximum atomic E-state index is 12.1. The number of nitrogens with zero attached hydrogens (tertiary/aromatic N) is 1. The Kier molecular flexibility index (Phi) is 3.79. The Hall–Kier alpha value is -2.64. The molecule has 1 amide bonds. The highest BCUT2D eigenvalue weighted by Crippen LogP contribution is 2.29. The number of amides is 1. The second-order valence-electron chi connectivity index (χ2n) is 4.88. The lowest BCUT2D eigenvalue weighted by Crippen LogP contribution is -2.56. The highest BCUT2D eigenvalue weighted by atomic mass is 16.6. The highest BCUT2D eigenvalue weighted by molar-refractivity contribution is 6.03. The van der Waals surface area contributed by atoms with Crippen molar-refractivity contribution in [2.45, 2.75) is 25.9 Å². The van der Waals surface area contributed by atoms with E-state index in [2.05, 4.69) is 10.6 Å². The summed E-state index contributed by atoms with van der Waals surface area (Å²) in [6.07, 6.45) is -0.0526. The molecular formula is C13H15N3O5. The van der Waals surface area contributed by atoms with Crippen LogP contribution in [0.2, 0.25) is 0 Å². The number of hydrogen-bond acceptors (Lipinski definition) is 6. The van der Waals surface area contributed by atoms with Gasteiger partial charge in [0.15, 0.2) is 0 Å². The molecular weight excluding hydrogens is 278 g/mol. The van der Waals surface area contributed by atoms with Gasteiger partial charge in [-0.1, -0.05) is 0 Å². The van der Waals surface area contributed by atoms with Gasteiger partial charge in [-0.05, 0) is 19.9 Å². The summed E-state index contributed by atoms with van der Waals surface area (Å²) < 4.78 is 4.86. The van der Waals surface area contributed by atoms with Crippen molar-refractivity contribution in [3.63, 3.8) is 0 Å². The van der Waals surface area contributed by atoms with Crippen LogP contribution in [0.3, 0.4) is 0 Å². The Balaban J connectivity index is 2.26. The molecule has 21 heavy (non-hydrogen) atoms. The molecule has 0 spiro atoms. The standard InChI is InChI=1S/C13H15N3O5/c1-3-21-11(17)7-13(2)14-10-5-4-8(16(19)20)6-9(10)12(18)15-13/h4-6,14H,3,7H2,1-2H3,(H,15,18). The maximum absolute atomic E-state index is 12.1. The molecule has 1 unspecified atom stereocenters. The predicted octanol–water partition coefficient (Wildman–Crippen LogP) is 1.42. The van der Waals surface area contributed by atoms with Gasteiger partial charge in [-0.25, -0.2) is 0 Å². The van der Waals surface area contributed by atoms with Gasteiger partial charge in [0.25, 0.3) is 11.6 Å². The summed E-state index contributed by atoms with van der Waals surface area (Å²) in [4.78, 5) is 33.8. The number of carbonyl (C=O) groups is 2. The van der Waals surface area contributed by atoms with Crippen LogP contribution >= 0.6 is 0 Å². The van der Waals surface area contributed by atoms with E-state index in [1.807, 2.05) is 0 Å². The molecule has 0 radical (unpaired) electrons. The first-order valence-electron chi connectivity index (χ1n) is 6.39. The Morgan fingerprint density at radius 1 is 1.43 bits per heavy atom. The molecule has 1 aliphatic rings. The molecule has 8 nitrogen and oxygen atoms in total. The van der Waals surface area contributed by atoms with Gasteiger partial charge in [0.2, 0.25) is 0 Å². The van der Waals surface area contributed by atoms with Crippen molar-refractivity contribution >= 4 is 23.3 Å². The summed E-state index contributed by atoms with van der Waals surface area (Å²) in [5.74, 6) is -0.919. The number of nitro groups is 1. The monoisotopic (exact) mass is 293 g/mol. The zero-order valence-electron chi connectivity index (χ0n) is 11.6. The lowest BCUT2D eigenvalue weighted by Gasteiger charge is -2.36. The van der Waals surface area contributed by atoms with Crippen molar-refractivity contribution in [3.05, 3.63) is 33.9 Å². The summed E-state index contributed by atoms with van der Waals surface area (Å²) in [6, 6.07) is 3.95. The summed E-state index contributed by atoms with van der Waals surface area (Å²) >= 11 is 0. The molecule has 2 N–H and O–H groups in total. The van der Waals surface area contributed by atoms with Crippen molar-refractivity contribution < 1.29 is 19.2 Å². The first kappa shape index (κ1) is 14.8. The summed E-state index contributed by atoms with van der Waals surface area (Å²) in [7, 11) is 0. The number of benzene rings is 1. The molecule has 112 valence electrons. The average molecular weight is 293 g/mol. The molecule has 0 fully saturated rings. The number of rotatable bonds is 4. The van der Waals surface area contributed by atoms with Crippen LogP contribution in [-0.4, -0.2) is 29.1 Å². The van der Waals surface area contributed by atoms with Crippen LogP contribution in [0.15, 0.2) is 18.2 Å². The number of carbonyl (C=O) groups excluding carboxylic acids is 2. The smallest absolute Gasteiger partial charge is 0.310 e. The van der Waals surface area contributed by atoms with E-state index in [1.54, 1.807) is 13.8 Å². The van der Waals surface area contributed by atoms with Crippen molar-refractivity contribution in [1.29, 1.82) is 0 Å². The third-order valence-corrected chi connectivity index (χ3v) is 3.06. The third kappa shape index (κ3) is 3.10. The minimum Gasteiger partial charge on any atom is -0.466 e. The van der Waals surface area contributed by atoms with E-state index < -0.39 is 22.5 Å². The van der Waals surface area contributed by atoms with Crippen molar-refractivity contribution in [1.82, 2.24) is 5.32 Å². The van der Waals surface area contributed by atoms with Crippen LogP contribution in [0.1, 0.15) is 30.6 Å². The quantitative estimate of drug-likeness (QED) is 0.493. The lowest BCUT2D eigenvalue weighted by molar-refractivity contribution is -0.384. The van der Waals surface area contributed by atoms with Gasteiger partial charge >= 0.3 is 5.97 Å². The fraction of sp³-hybridized carbons (Fsp3) is 0.385. The second-order valence-corrected chi connectivity index (χ2v) is 4.88. The van der Waals surface area contributed by atoms with Gasteiger partial charge in [-0.3, -0.25) is 19.7 Å². The van der Waals surface area contributed by atoms with Crippen LogP contribution in [0.5, 0.6) is 0 Å². The molecule has 1 aromatic carbocycles. The van der Waals surface area contributed by atoms with E-state index in [0.717, 1.165) is 0 Å². The van der Waals surface area contributed by atoms with Crippen LogP contribution in [-0.2, 0) is 9.53 Å². The fourth-order valence-electron chi connectivity index (χ4n) is 2.18. The van der Waals surface area contributed by atoms with E-state index in [0.29, 0.717) is 5.69 Å². The lowest BCUT2D eigenvalue weighted by atomic mass is 10.0. The number of non-ortho nitro benzene ring substituents is 1. The number of esters is 1. The molecule has 8 heteroatoms. The van der Waals surface area contributed by atoms with Crippen molar-refractivity contribution in [2.24, 2.45) is 0 Å². The maximum Gasteiger partial charge on any atom is 0.310 e. The zero-order valence-corrected chi connectivity index (χ0v) is 11.6. The van der Waals surface area contributed by atoms with Crippen LogP contribution in [0, 0.1) is 10.1 Å². The topological polar surface area (TPSA) is 111 Å². The molecule has 1 aromatic rings. The number of nitrogens with one attached hydrogen (secondary N) is 2. The molecule has 2 rings (SSSR count). The third-order valence-electron chi connectivity index (χ3n) is 3.06. The van der Waals surface area contributed by atoms with Gasteiger partial charge in [-0.2, -0.15) is 0 Å². The van der Waals surface area contributed by atoms with E-state index in [-0.39, 0.29) is 24.3 Å². The van der Waals surface area contributed by atoms with Gasteiger partial charge in [0.1, 0.15) is 5.66 Å². The molecule has 0 saturated heterocycles. The minimum absolute atomic E-state index is 0.0526. The van der Waals surface area contributed by atoms with Gasteiger partial charge in [0.05, 0.1) is 23.5 Å². The van der Waals surface area contributed by atoms with Crippen LogP contribution < -0.4 is 10.6 Å². The number of ether oxygens (including phenoxy) is 1. The average Bonchev–Trinajstić information content (AvgIpc) is 2.37. The second kappa shape index (κ2) is 5.39. The first-order valence-corrected chi connectivity index (χ1v) is 6.39. The van der Waals surface area contributed by atoms with Crippen molar-refractivity contribution in [3.8, 4) is 0 Å². The number of fused-ring (bicyclic) bond motifs is 1. The Bertz CT molecular complexity index is 616. The Labute approximate surface area is 120 Å². The number of hydrogen-bond donors (Lipinski definition) is 2. The fourth-order valence-corrected chi connectivity index (χ4v) is 2.18. The van der Waals surface area contributed by atoms with Gasteiger partial charge in [0, 0.05) is 17.8 Å². The zero-order chi connectivity index (χ0) is 15.6. The van der Waals surface area contributed by atoms with Crippen LogP contribution in [0.25, 0.3) is 0 Å². The van der Waals surface area contributed by atoms with Gasteiger partial charge in [-0.15, -0.1) is 0 Å². The molecule has 1 atom stereocenters. The highest BCUT2D eigenvalue weighted by Gasteiger charge is 2.36. The normalized spacial score (nSPS) is 20.0. The van der Waals surface area contributed by atoms with Crippen molar-refractivity contribution in [2.75, 3.05) is 11.9 Å². The van der Waals surface area contributed by atoms with E-state index >= 15 is 0 Å². The molecule has 0 aromatic heterocycles. The largest absolute Gasteiger partial charge is 0.466 e. The van der Waals surface area contributed by atoms with E-state index in [4.69, 9.17) is 4.74 Å². The summed E-state index contributed by atoms with van der Waals surface area (Å²) in [6.45, 7) is 3.60. The Morgan fingerprint density at radius 2 is 2.14 bits per heavy atom. The Morgan fingerprint density at radius 3 is 2.76 bits per heavy atom. The summed E-state index contributed by atoms with van der Waals surface area (Å²) in [5.41, 5.74) is -0.548. The SMILES string of the molecule is CCOC(=O)CC1(C)NC(=O)c2cc([N+](=O)[O-])ccc2N1. The minimum atomic E-state index is -0.994. The summed E-state index contributed by atoms with van der Waals surface area (Å²) in [5, 5.41) is 16.4. The van der Waals surface area contributed by atoms with E-state index in [1.165, 1.54) is 18.2 Å². The number of nitro benzene ring substituents is 1. The molecule has 1 aliphatic heterocycles. The molecule has 1 heterocycles. The van der Waals surface area contributed by atoms with E-state index in [9.17, 15) is 19.7 Å². The molecule has 0 saturated carbocycles. The predicted molar refractivity (Wildman–Crippen MR) is 73.8 cm³/mol. The van der Waals surface area contributed by atoms with Gasteiger partial charge < -0.3 is 15.4 Å².